The smallest absolute Gasteiger partial charge is 0.224 e. The fourth-order valence-electron chi connectivity index (χ4n) is 3.17. The normalized spacial score (nSPS) is 19.8. The van der Waals surface area contributed by atoms with Gasteiger partial charge in [0.05, 0.1) is 19.5 Å². The highest BCUT2D eigenvalue weighted by atomic mass is 32.2. The lowest BCUT2D eigenvalue weighted by Gasteiger charge is -2.34. The van der Waals surface area contributed by atoms with E-state index in [0.29, 0.717) is 52.5 Å². The van der Waals surface area contributed by atoms with Gasteiger partial charge in [0.1, 0.15) is 0 Å². The quantitative estimate of drug-likeness (QED) is 0.535. The molecule has 2 heterocycles. The Morgan fingerprint density at radius 3 is 2.08 bits per heavy atom. The molecule has 0 saturated carbocycles. The van der Waals surface area contributed by atoms with Crippen LogP contribution in [-0.2, 0) is 24.3 Å². The first-order chi connectivity index (χ1) is 12.3. The highest BCUT2D eigenvalue weighted by molar-refractivity contribution is 7.88. The first-order valence-corrected chi connectivity index (χ1v) is 10.9. The fourth-order valence-corrected chi connectivity index (χ4v) is 4.01. The Bertz CT molecular complexity index is 583. The number of carbonyl (C=O) groups is 2. The van der Waals surface area contributed by atoms with Crippen LogP contribution in [0.1, 0.15) is 13.3 Å². The molecule has 0 unspecified atom stereocenters. The molecular weight excluding hydrogens is 360 g/mol. The maximum Gasteiger partial charge on any atom is 0.224 e. The van der Waals surface area contributed by atoms with E-state index in [0.717, 1.165) is 13.1 Å². The molecule has 2 saturated heterocycles. The Balaban J connectivity index is 1.79. The van der Waals surface area contributed by atoms with E-state index in [-0.39, 0.29) is 24.8 Å². The van der Waals surface area contributed by atoms with Crippen LogP contribution >= 0.6 is 0 Å². The Morgan fingerprint density at radius 2 is 1.54 bits per heavy atom. The van der Waals surface area contributed by atoms with E-state index >= 15 is 0 Å². The lowest BCUT2D eigenvalue weighted by atomic mass is 10.2. The van der Waals surface area contributed by atoms with Gasteiger partial charge in [-0.25, -0.2) is 12.7 Å². The summed E-state index contributed by atoms with van der Waals surface area (Å²) in [7, 11) is -3.36. The van der Waals surface area contributed by atoms with Crippen LogP contribution < -0.4 is 0 Å². The van der Waals surface area contributed by atoms with Crippen LogP contribution in [0.4, 0.5) is 0 Å². The van der Waals surface area contributed by atoms with E-state index in [4.69, 9.17) is 4.74 Å². The van der Waals surface area contributed by atoms with Gasteiger partial charge in [-0.15, -0.1) is 0 Å². The van der Waals surface area contributed by atoms with Gasteiger partial charge in [0.25, 0.3) is 0 Å². The van der Waals surface area contributed by atoms with Crippen molar-refractivity contribution >= 4 is 21.8 Å². The summed E-state index contributed by atoms with van der Waals surface area (Å²) in [5, 5.41) is 0. The summed E-state index contributed by atoms with van der Waals surface area (Å²) in [6.45, 7) is 7.76. The maximum atomic E-state index is 12.4. The number of morpholine rings is 1. The fraction of sp³-hybridized carbons (Fsp3) is 0.875. The topological polar surface area (TPSA) is 90.5 Å². The zero-order valence-electron chi connectivity index (χ0n) is 15.7. The molecule has 0 aliphatic carbocycles. The molecule has 0 aromatic heterocycles. The molecule has 2 amide bonds. The van der Waals surface area contributed by atoms with Gasteiger partial charge < -0.3 is 14.5 Å². The summed E-state index contributed by atoms with van der Waals surface area (Å²) in [6, 6.07) is 0. The average molecular weight is 391 g/mol. The van der Waals surface area contributed by atoms with E-state index in [1.807, 2.05) is 0 Å². The van der Waals surface area contributed by atoms with Crippen molar-refractivity contribution < 1.29 is 22.7 Å². The summed E-state index contributed by atoms with van der Waals surface area (Å²) in [6.07, 6.45) is 1.35. The third kappa shape index (κ3) is 6.49. The molecule has 2 fully saturated rings. The third-order valence-electron chi connectivity index (χ3n) is 4.89. The molecule has 0 radical (unpaired) electrons. The van der Waals surface area contributed by atoms with E-state index in [2.05, 4.69) is 4.90 Å². The van der Waals surface area contributed by atoms with Crippen LogP contribution in [0, 0.1) is 0 Å². The van der Waals surface area contributed by atoms with Gasteiger partial charge in [0.15, 0.2) is 0 Å². The minimum absolute atomic E-state index is 0.0171. The number of amides is 2. The van der Waals surface area contributed by atoms with Crippen molar-refractivity contribution in [2.24, 2.45) is 0 Å². The van der Waals surface area contributed by atoms with E-state index in [9.17, 15) is 18.0 Å². The van der Waals surface area contributed by atoms with Gasteiger partial charge >= 0.3 is 0 Å². The largest absolute Gasteiger partial charge is 0.379 e. The molecule has 26 heavy (non-hydrogen) atoms. The maximum absolute atomic E-state index is 12.4. The number of piperazine rings is 1. The minimum Gasteiger partial charge on any atom is -0.379 e. The van der Waals surface area contributed by atoms with Crippen molar-refractivity contribution in [3.05, 3.63) is 0 Å². The second kappa shape index (κ2) is 9.63. The Kier molecular flexibility index (Phi) is 7.81. The molecule has 9 nitrogen and oxygen atoms in total. The van der Waals surface area contributed by atoms with Crippen molar-refractivity contribution in [1.29, 1.82) is 0 Å². The number of rotatable bonds is 7. The lowest BCUT2D eigenvalue weighted by molar-refractivity contribution is -0.138. The van der Waals surface area contributed by atoms with E-state index in [1.165, 1.54) is 17.5 Å². The zero-order chi connectivity index (χ0) is 19.2. The van der Waals surface area contributed by atoms with Gasteiger partial charge in [-0.1, -0.05) is 0 Å². The van der Waals surface area contributed by atoms with Gasteiger partial charge in [-0.3, -0.25) is 14.5 Å². The van der Waals surface area contributed by atoms with Gasteiger partial charge in [-0.05, 0) is 0 Å². The number of hydrogen-bond donors (Lipinski definition) is 0. The predicted octanol–water partition coefficient (Wildman–Crippen LogP) is -1.34. The first-order valence-electron chi connectivity index (χ1n) is 9.06. The van der Waals surface area contributed by atoms with Crippen LogP contribution in [0.15, 0.2) is 0 Å². The molecule has 2 aliphatic rings. The first kappa shape index (κ1) is 21.1. The molecule has 0 aromatic carbocycles. The highest BCUT2D eigenvalue weighted by Gasteiger charge is 2.24. The molecule has 150 valence electrons. The second-order valence-corrected chi connectivity index (χ2v) is 8.74. The number of ether oxygens (including phenoxy) is 1. The summed E-state index contributed by atoms with van der Waals surface area (Å²) in [5.41, 5.74) is 0. The van der Waals surface area contributed by atoms with Gasteiger partial charge in [0.2, 0.25) is 21.8 Å². The van der Waals surface area contributed by atoms with Crippen molar-refractivity contribution in [1.82, 2.24) is 19.0 Å². The Hall–Kier alpha value is -1.23. The van der Waals surface area contributed by atoms with Gasteiger partial charge in [-0.2, -0.15) is 0 Å². The Labute approximate surface area is 155 Å². The van der Waals surface area contributed by atoms with Gasteiger partial charge in [0, 0.05) is 72.2 Å². The molecule has 10 heteroatoms. The van der Waals surface area contributed by atoms with Crippen molar-refractivity contribution in [3.63, 3.8) is 0 Å². The minimum atomic E-state index is -3.36. The SMILES string of the molecule is CC(=O)N1CCN(C(=O)CCN(CCN2CCOCC2)S(C)(=O)=O)CC1. The van der Waals surface area contributed by atoms with Crippen molar-refractivity contribution in [3.8, 4) is 0 Å². The van der Waals surface area contributed by atoms with Crippen LogP contribution in [0.25, 0.3) is 0 Å². The number of sulfonamides is 1. The monoisotopic (exact) mass is 390 g/mol. The zero-order valence-corrected chi connectivity index (χ0v) is 16.5. The predicted molar refractivity (Wildman–Crippen MR) is 97.1 cm³/mol. The summed E-state index contributed by atoms with van der Waals surface area (Å²) in [5.74, 6) is -0.0447. The molecule has 2 aliphatic heterocycles. The number of hydrogen-bond acceptors (Lipinski definition) is 6. The van der Waals surface area contributed by atoms with Crippen molar-refractivity contribution in [2.75, 3.05) is 78.4 Å². The van der Waals surface area contributed by atoms with Crippen LogP contribution in [0.2, 0.25) is 0 Å². The standard InChI is InChI=1S/C16H30N4O5S/c1-15(21)18-6-8-19(9-7-18)16(22)3-4-20(26(2,23)24)10-5-17-11-13-25-14-12-17/h3-14H2,1-2H3. The van der Waals surface area contributed by atoms with Crippen molar-refractivity contribution in [2.45, 2.75) is 13.3 Å². The number of carbonyl (C=O) groups excluding carboxylic acids is 2. The second-order valence-electron chi connectivity index (χ2n) is 6.75. The highest BCUT2D eigenvalue weighted by Crippen LogP contribution is 2.07. The van der Waals surface area contributed by atoms with Crippen LogP contribution in [-0.4, -0.2) is 118 Å². The molecule has 0 bridgehead atoms. The number of nitrogens with zero attached hydrogens (tertiary/aromatic N) is 4. The molecular formula is C16H30N4O5S. The summed E-state index contributed by atoms with van der Waals surface area (Å²) in [4.78, 5) is 29.3. The molecule has 0 aromatic rings. The van der Waals surface area contributed by atoms with E-state index in [1.54, 1.807) is 9.80 Å². The summed E-state index contributed by atoms with van der Waals surface area (Å²) < 4.78 is 30.7. The summed E-state index contributed by atoms with van der Waals surface area (Å²) >= 11 is 0. The Morgan fingerprint density at radius 1 is 0.962 bits per heavy atom. The molecule has 0 spiro atoms. The molecule has 0 N–H and O–H groups in total. The van der Waals surface area contributed by atoms with Crippen LogP contribution in [0.3, 0.4) is 0 Å². The molecule has 0 atom stereocenters. The third-order valence-corrected chi connectivity index (χ3v) is 6.19. The van der Waals surface area contributed by atoms with Crippen LogP contribution in [0.5, 0.6) is 0 Å². The average Bonchev–Trinajstić information content (AvgIpc) is 2.61. The molecule has 2 rings (SSSR count). The lowest BCUT2D eigenvalue weighted by Crippen LogP contribution is -2.50. The van der Waals surface area contributed by atoms with E-state index < -0.39 is 10.0 Å².